The van der Waals surface area contributed by atoms with Crippen molar-refractivity contribution in [3.05, 3.63) is 11.1 Å². The molecule has 0 saturated carbocycles. The highest BCUT2D eigenvalue weighted by molar-refractivity contribution is 7.13. The maximum absolute atomic E-state index is 12.9. The number of piperidine rings is 1. The number of thiazole rings is 1. The number of quaternary nitrogens is 1. The number of likely N-dealkylation sites (tertiary alicyclic amines) is 1. The molecule has 23 heavy (non-hydrogen) atoms. The average molecular weight is 336 g/mol. The summed E-state index contributed by atoms with van der Waals surface area (Å²) in [5.41, 5.74) is 0.445. The number of nitrogens with one attached hydrogen (secondary N) is 1. The predicted molar refractivity (Wildman–Crippen MR) is 94.2 cm³/mol. The number of aryl methyl sites for hydroxylation is 1. The fourth-order valence-electron chi connectivity index (χ4n) is 2.67. The van der Waals surface area contributed by atoms with Gasteiger partial charge >= 0.3 is 6.09 Å². The van der Waals surface area contributed by atoms with Gasteiger partial charge in [0, 0.05) is 30.3 Å². The molecular weight excluding hydrogens is 310 g/mol. The summed E-state index contributed by atoms with van der Waals surface area (Å²) in [4.78, 5) is 17.5. The highest BCUT2D eigenvalue weighted by Crippen LogP contribution is 2.33. The zero-order valence-corrected chi connectivity index (χ0v) is 15.4. The van der Waals surface area contributed by atoms with Crippen molar-refractivity contribution in [2.75, 3.05) is 13.1 Å². The standard InChI is InChI=1S/C17H26N3O2S/c1-6-9-18-14-7-10-20(11-8-14,15-19-13(2)12-23-15)16(21)22-17(3,4)5/h12,14,18H,7-8,10-11H2,1-5H3/q+1. The third-order valence-electron chi connectivity index (χ3n) is 3.84. The third-order valence-corrected chi connectivity index (χ3v) is 4.95. The van der Waals surface area contributed by atoms with Crippen LogP contribution in [0.15, 0.2) is 5.38 Å². The van der Waals surface area contributed by atoms with Crippen LogP contribution in [0.5, 0.6) is 0 Å². The molecule has 2 rings (SSSR count). The van der Waals surface area contributed by atoms with Crippen LogP contribution in [0.4, 0.5) is 9.93 Å². The first-order valence-corrected chi connectivity index (χ1v) is 8.85. The molecule has 0 bridgehead atoms. The van der Waals surface area contributed by atoms with Gasteiger partial charge in [0.2, 0.25) is 0 Å². The van der Waals surface area contributed by atoms with Gasteiger partial charge in [-0.25, -0.2) is 0 Å². The van der Waals surface area contributed by atoms with E-state index in [1.165, 1.54) is 0 Å². The van der Waals surface area contributed by atoms with E-state index in [4.69, 9.17) is 4.74 Å². The lowest BCUT2D eigenvalue weighted by atomic mass is 10.0. The number of aromatic nitrogens is 1. The van der Waals surface area contributed by atoms with Gasteiger partial charge in [0.25, 0.3) is 5.13 Å². The van der Waals surface area contributed by atoms with Crippen molar-refractivity contribution in [3.8, 4) is 12.0 Å². The number of nitrogens with zero attached hydrogens (tertiary/aromatic N) is 2. The molecule has 1 N–H and O–H groups in total. The number of rotatable bonds is 2. The second-order valence-electron chi connectivity index (χ2n) is 6.96. The summed E-state index contributed by atoms with van der Waals surface area (Å²) < 4.78 is 5.90. The largest absolute Gasteiger partial charge is 0.523 e. The number of hydrogen-bond donors (Lipinski definition) is 1. The van der Waals surface area contributed by atoms with Gasteiger partial charge in [-0.15, -0.1) is 0 Å². The summed E-state index contributed by atoms with van der Waals surface area (Å²) in [5, 5.41) is 6.04. The Morgan fingerprint density at radius 1 is 1.43 bits per heavy atom. The highest BCUT2D eigenvalue weighted by atomic mass is 32.1. The Kier molecular flexibility index (Phi) is 5.33. The minimum absolute atomic E-state index is 0.188. The molecule has 1 aliphatic rings. The first kappa shape index (κ1) is 17.8. The van der Waals surface area contributed by atoms with Crippen LogP contribution in [-0.4, -0.2) is 35.8 Å². The lowest BCUT2D eigenvalue weighted by Gasteiger charge is -2.38. The van der Waals surface area contributed by atoms with Crippen LogP contribution in [0.3, 0.4) is 0 Å². The number of amides is 1. The number of carbonyl (C=O) groups is 1. The maximum atomic E-state index is 12.9. The van der Waals surface area contributed by atoms with E-state index in [1.54, 1.807) is 11.3 Å². The van der Waals surface area contributed by atoms with Gasteiger partial charge in [-0.05, 0) is 34.6 Å². The quantitative estimate of drug-likeness (QED) is 0.511. The highest BCUT2D eigenvalue weighted by Gasteiger charge is 2.48. The van der Waals surface area contributed by atoms with E-state index in [1.807, 2.05) is 40.0 Å². The Morgan fingerprint density at radius 2 is 2.09 bits per heavy atom. The summed E-state index contributed by atoms with van der Waals surface area (Å²) in [7, 11) is 0. The van der Waals surface area contributed by atoms with E-state index in [-0.39, 0.29) is 10.6 Å². The predicted octanol–water partition coefficient (Wildman–Crippen LogP) is 3.43. The van der Waals surface area contributed by atoms with Crippen LogP contribution in [0.1, 0.15) is 46.2 Å². The summed E-state index contributed by atoms with van der Waals surface area (Å²) in [6.07, 6.45) is 1.53. The monoisotopic (exact) mass is 336 g/mol. The van der Waals surface area contributed by atoms with Gasteiger partial charge in [-0.1, -0.05) is 17.3 Å². The molecule has 6 heteroatoms. The van der Waals surface area contributed by atoms with E-state index in [0.29, 0.717) is 19.1 Å². The molecular formula is C17H26N3O2S+. The molecule has 1 aliphatic heterocycles. The Bertz CT molecular complexity index is 614. The Hall–Kier alpha value is -1.58. The van der Waals surface area contributed by atoms with Gasteiger partial charge in [-0.3, -0.25) is 0 Å². The molecule has 2 heterocycles. The number of ether oxygens (including phenoxy) is 1. The van der Waals surface area contributed by atoms with Gasteiger partial charge in [0.15, 0.2) is 0 Å². The molecule has 0 aliphatic carbocycles. The fourth-order valence-corrected chi connectivity index (χ4v) is 3.65. The van der Waals surface area contributed by atoms with Crippen LogP contribution in [-0.2, 0) is 4.74 Å². The first-order valence-electron chi connectivity index (χ1n) is 7.97. The van der Waals surface area contributed by atoms with E-state index in [2.05, 4.69) is 22.3 Å². The molecule has 5 nitrogen and oxygen atoms in total. The lowest BCUT2D eigenvalue weighted by molar-refractivity contribution is 0.0215. The van der Waals surface area contributed by atoms with Crippen LogP contribution in [0.25, 0.3) is 0 Å². The van der Waals surface area contributed by atoms with Gasteiger partial charge < -0.3 is 10.1 Å². The molecule has 1 aromatic rings. The molecule has 1 amide bonds. The summed E-state index contributed by atoms with van der Waals surface area (Å²) in [6, 6.07) is 3.24. The molecule has 1 aromatic heterocycles. The average Bonchev–Trinajstić information content (AvgIpc) is 2.91. The van der Waals surface area contributed by atoms with E-state index in [0.717, 1.165) is 23.7 Å². The van der Waals surface area contributed by atoms with Crippen molar-refractivity contribution in [2.24, 2.45) is 0 Å². The van der Waals surface area contributed by atoms with Crippen molar-refractivity contribution >= 4 is 22.6 Å². The SMILES string of the molecule is CC#CNC1CC[N+](C(=O)OC(C)(C)C)(c2nc(C)cs2)CC1. The zero-order valence-electron chi connectivity index (χ0n) is 14.6. The van der Waals surface area contributed by atoms with Gasteiger partial charge in [0.1, 0.15) is 5.60 Å². The smallest absolute Gasteiger partial charge is 0.414 e. The number of carbonyl (C=O) groups excluding carboxylic acids is 1. The molecule has 0 aromatic carbocycles. The fraction of sp³-hybridized carbons (Fsp3) is 0.647. The molecule has 0 unspecified atom stereocenters. The topological polar surface area (TPSA) is 51.2 Å². The molecule has 126 valence electrons. The van der Waals surface area contributed by atoms with E-state index >= 15 is 0 Å². The third kappa shape index (κ3) is 4.24. The lowest BCUT2D eigenvalue weighted by Crippen LogP contribution is -2.61. The van der Waals surface area contributed by atoms with Gasteiger partial charge in [0.05, 0.1) is 18.8 Å². The van der Waals surface area contributed by atoms with Crippen LogP contribution in [0.2, 0.25) is 0 Å². The van der Waals surface area contributed by atoms with Crippen LogP contribution in [0, 0.1) is 18.9 Å². The molecule has 0 atom stereocenters. The normalized spacial score (nSPS) is 24.5. The molecule has 1 fully saturated rings. The van der Waals surface area contributed by atoms with Crippen molar-refractivity contribution in [3.63, 3.8) is 0 Å². The minimum Gasteiger partial charge on any atom is -0.414 e. The Morgan fingerprint density at radius 3 is 2.57 bits per heavy atom. The first-order chi connectivity index (χ1) is 10.8. The Labute approximate surface area is 142 Å². The summed E-state index contributed by atoms with van der Waals surface area (Å²) in [6.45, 7) is 10.8. The molecule has 0 spiro atoms. The minimum atomic E-state index is -0.503. The van der Waals surface area contributed by atoms with Crippen molar-refractivity contribution in [1.82, 2.24) is 14.8 Å². The van der Waals surface area contributed by atoms with Crippen LogP contribution < -0.4 is 9.80 Å². The van der Waals surface area contributed by atoms with Gasteiger partial charge in [-0.2, -0.15) is 14.3 Å². The maximum Gasteiger partial charge on any atom is 0.523 e. The number of hydrogen-bond acceptors (Lipinski definition) is 5. The van der Waals surface area contributed by atoms with Crippen molar-refractivity contribution in [1.29, 1.82) is 0 Å². The van der Waals surface area contributed by atoms with Crippen molar-refractivity contribution in [2.45, 2.75) is 59.1 Å². The van der Waals surface area contributed by atoms with E-state index in [9.17, 15) is 4.79 Å². The van der Waals surface area contributed by atoms with E-state index < -0.39 is 5.60 Å². The van der Waals surface area contributed by atoms with Crippen LogP contribution >= 0.6 is 11.3 Å². The summed E-state index contributed by atoms with van der Waals surface area (Å²) in [5.74, 6) is 2.86. The molecule has 0 radical (unpaired) electrons. The second kappa shape index (κ2) is 6.90. The summed E-state index contributed by atoms with van der Waals surface area (Å²) >= 11 is 1.54. The Balaban J connectivity index is 2.23. The molecule has 1 saturated heterocycles. The zero-order chi connectivity index (χ0) is 17.1. The second-order valence-corrected chi connectivity index (χ2v) is 7.80. The van der Waals surface area contributed by atoms with Crippen molar-refractivity contribution < 1.29 is 9.53 Å².